The number of hydrogen-bond donors (Lipinski definition) is 2. The molecule has 0 aliphatic heterocycles. The van der Waals surface area contributed by atoms with Gasteiger partial charge in [-0.25, -0.2) is 12.8 Å². The summed E-state index contributed by atoms with van der Waals surface area (Å²) in [5, 5.41) is 0.170. The average molecular weight is 328 g/mol. The first-order valence-corrected chi connectivity index (χ1v) is 8.34. The first kappa shape index (κ1) is 15.5. The molecule has 112 valence electrons. The zero-order valence-corrected chi connectivity index (χ0v) is 12.7. The third kappa shape index (κ3) is 3.40. The van der Waals surface area contributed by atoms with Crippen LogP contribution in [0.15, 0.2) is 35.2 Å². The highest BCUT2D eigenvalue weighted by Crippen LogP contribution is 2.30. The fourth-order valence-corrected chi connectivity index (χ4v) is 3.98. The first-order chi connectivity index (χ1) is 9.83. The topological polar surface area (TPSA) is 89.3 Å². The van der Waals surface area contributed by atoms with Crippen molar-refractivity contribution in [1.82, 2.24) is 0 Å². The maximum atomic E-state index is 12.8. The molecule has 1 heterocycles. The second-order valence-corrected chi connectivity index (χ2v) is 7.05. The van der Waals surface area contributed by atoms with E-state index in [4.69, 9.17) is 5.73 Å². The first-order valence-electron chi connectivity index (χ1n) is 6.04. The molecule has 0 aliphatic carbocycles. The van der Waals surface area contributed by atoms with E-state index >= 15 is 0 Å². The highest BCUT2D eigenvalue weighted by Gasteiger charge is 2.20. The lowest BCUT2D eigenvalue weighted by atomic mass is 10.2. The molecule has 0 radical (unpaired) electrons. The van der Waals surface area contributed by atoms with Gasteiger partial charge in [-0.3, -0.25) is 9.52 Å². The average Bonchev–Trinajstić information content (AvgIpc) is 2.81. The van der Waals surface area contributed by atoms with E-state index in [2.05, 4.69) is 4.72 Å². The van der Waals surface area contributed by atoms with Crippen LogP contribution < -0.4 is 10.5 Å². The molecule has 0 unspecified atom stereocenters. The van der Waals surface area contributed by atoms with Crippen LogP contribution in [-0.4, -0.2) is 14.3 Å². The molecular weight excluding hydrogens is 315 g/mol. The molecular formula is C13H13FN2O3S2. The summed E-state index contributed by atoms with van der Waals surface area (Å²) in [5.41, 5.74) is 5.37. The van der Waals surface area contributed by atoms with Crippen molar-refractivity contribution in [2.24, 2.45) is 5.73 Å². The second-order valence-electron chi connectivity index (χ2n) is 4.23. The zero-order valence-electron chi connectivity index (χ0n) is 11.1. The second kappa shape index (κ2) is 5.82. The molecule has 0 aliphatic rings. The van der Waals surface area contributed by atoms with Crippen molar-refractivity contribution in [3.05, 3.63) is 46.6 Å². The Morgan fingerprint density at radius 2 is 1.95 bits per heavy atom. The van der Waals surface area contributed by atoms with Crippen LogP contribution >= 0.6 is 11.3 Å². The van der Waals surface area contributed by atoms with Crippen LogP contribution in [0.3, 0.4) is 0 Å². The number of sulfonamides is 1. The fourth-order valence-electron chi connectivity index (χ4n) is 1.67. The molecule has 1 aromatic heterocycles. The van der Waals surface area contributed by atoms with Gasteiger partial charge in [0.15, 0.2) is 0 Å². The number of primary amides is 1. The number of aryl methyl sites for hydroxylation is 1. The summed E-state index contributed by atoms with van der Waals surface area (Å²) in [7, 11) is -3.90. The van der Waals surface area contributed by atoms with E-state index < -0.39 is 21.7 Å². The van der Waals surface area contributed by atoms with Gasteiger partial charge in [-0.2, -0.15) is 0 Å². The molecule has 0 saturated carbocycles. The molecule has 5 nitrogen and oxygen atoms in total. The number of hydrogen-bond acceptors (Lipinski definition) is 4. The molecule has 2 rings (SSSR count). The SMILES string of the molecule is CCc1cc(C(N)=O)c(NS(=O)(=O)c2ccc(F)cc2)s1. The quantitative estimate of drug-likeness (QED) is 0.883. The molecule has 1 aromatic carbocycles. The highest BCUT2D eigenvalue weighted by atomic mass is 32.2. The van der Waals surface area contributed by atoms with E-state index in [9.17, 15) is 17.6 Å². The minimum Gasteiger partial charge on any atom is -0.366 e. The molecule has 0 saturated heterocycles. The Labute approximate surface area is 125 Å². The number of carbonyl (C=O) groups excluding carboxylic acids is 1. The van der Waals surface area contributed by atoms with Gasteiger partial charge in [0.1, 0.15) is 10.8 Å². The fraction of sp³-hybridized carbons (Fsp3) is 0.154. The Balaban J connectivity index is 2.38. The smallest absolute Gasteiger partial charge is 0.262 e. The van der Waals surface area contributed by atoms with Crippen molar-refractivity contribution in [2.45, 2.75) is 18.2 Å². The number of halogens is 1. The Morgan fingerprint density at radius 3 is 2.48 bits per heavy atom. The van der Waals surface area contributed by atoms with Crippen molar-refractivity contribution in [3.8, 4) is 0 Å². The van der Waals surface area contributed by atoms with E-state index in [0.29, 0.717) is 6.42 Å². The summed E-state index contributed by atoms with van der Waals surface area (Å²) in [6.45, 7) is 1.88. The Hall–Kier alpha value is -1.93. The van der Waals surface area contributed by atoms with Crippen LogP contribution in [0.1, 0.15) is 22.2 Å². The molecule has 0 bridgehead atoms. The monoisotopic (exact) mass is 328 g/mol. The maximum Gasteiger partial charge on any atom is 0.262 e. The minimum atomic E-state index is -3.90. The molecule has 3 N–H and O–H groups in total. The number of nitrogens with one attached hydrogen (secondary N) is 1. The molecule has 0 fully saturated rings. The van der Waals surface area contributed by atoms with Crippen molar-refractivity contribution in [3.63, 3.8) is 0 Å². The van der Waals surface area contributed by atoms with Gasteiger partial charge < -0.3 is 5.73 Å². The van der Waals surface area contributed by atoms with Crippen LogP contribution in [0.4, 0.5) is 9.39 Å². The van der Waals surface area contributed by atoms with Crippen LogP contribution in [0.2, 0.25) is 0 Å². The third-order valence-electron chi connectivity index (χ3n) is 2.75. The summed E-state index contributed by atoms with van der Waals surface area (Å²) >= 11 is 1.15. The van der Waals surface area contributed by atoms with Crippen molar-refractivity contribution >= 4 is 32.3 Å². The normalized spacial score (nSPS) is 11.3. The minimum absolute atomic E-state index is 0.0919. The molecule has 2 aromatic rings. The van der Waals surface area contributed by atoms with Crippen LogP contribution in [-0.2, 0) is 16.4 Å². The highest BCUT2D eigenvalue weighted by molar-refractivity contribution is 7.93. The molecule has 0 atom stereocenters. The van der Waals surface area contributed by atoms with Crippen molar-refractivity contribution in [2.75, 3.05) is 4.72 Å². The van der Waals surface area contributed by atoms with E-state index in [1.807, 2.05) is 6.92 Å². The van der Waals surface area contributed by atoms with E-state index in [1.165, 1.54) is 0 Å². The Bertz CT molecular complexity index is 767. The Morgan fingerprint density at radius 1 is 1.33 bits per heavy atom. The Kier molecular flexibility index (Phi) is 4.29. The number of benzene rings is 1. The summed E-state index contributed by atoms with van der Waals surface area (Å²) in [6.07, 6.45) is 0.656. The van der Waals surface area contributed by atoms with Crippen LogP contribution in [0.25, 0.3) is 0 Å². The van der Waals surface area contributed by atoms with Crippen LogP contribution in [0, 0.1) is 5.82 Å². The zero-order chi connectivity index (χ0) is 15.6. The number of carbonyl (C=O) groups is 1. The number of rotatable bonds is 5. The number of nitrogens with two attached hydrogens (primary N) is 1. The lowest BCUT2D eigenvalue weighted by Gasteiger charge is -2.07. The van der Waals surface area contributed by atoms with E-state index in [1.54, 1.807) is 6.07 Å². The lowest BCUT2D eigenvalue weighted by molar-refractivity contribution is 0.100. The largest absolute Gasteiger partial charge is 0.366 e. The predicted molar refractivity (Wildman–Crippen MR) is 79.4 cm³/mol. The summed E-state index contributed by atoms with van der Waals surface area (Å²) in [6, 6.07) is 5.96. The van der Waals surface area contributed by atoms with Gasteiger partial charge in [-0.05, 0) is 36.8 Å². The van der Waals surface area contributed by atoms with E-state index in [-0.39, 0.29) is 15.5 Å². The molecule has 0 spiro atoms. The van der Waals surface area contributed by atoms with Gasteiger partial charge in [-0.15, -0.1) is 11.3 Å². The third-order valence-corrected chi connectivity index (χ3v) is 5.44. The molecule has 1 amide bonds. The predicted octanol–water partition coefficient (Wildman–Crippen LogP) is 2.35. The van der Waals surface area contributed by atoms with Gasteiger partial charge in [0, 0.05) is 4.88 Å². The summed E-state index contributed by atoms with van der Waals surface area (Å²) in [5.74, 6) is -1.24. The lowest BCUT2D eigenvalue weighted by Crippen LogP contribution is -2.17. The molecule has 8 heteroatoms. The summed E-state index contributed by atoms with van der Waals surface area (Å²) in [4.78, 5) is 12.1. The van der Waals surface area contributed by atoms with Gasteiger partial charge in [0.2, 0.25) is 0 Å². The number of amides is 1. The maximum absolute atomic E-state index is 12.8. The molecule has 21 heavy (non-hydrogen) atoms. The number of anilines is 1. The summed E-state index contributed by atoms with van der Waals surface area (Å²) < 4.78 is 39.6. The standard InChI is InChI=1S/C13H13FN2O3S2/c1-2-9-7-11(12(15)17)13(20-9)16-21(18,19)10-5-3-8(14)4-6-10/h3-7,16H,2H2,1H3,(H2,15,17). The van der Waals surface area contributed by atoms with E-state index in [0.717, 1.165) is 40.5 Å². The van der Waals surface area contributed by atoms with Gasteiger partial charge in [-0.1, -0.05) is 6.92 Å². The van der Waals surface area contributed by atoms with Crippen molar-refractivity contribution in [1.29, 1.82) is 0 Å². The van der Waals surface area contributed by atoms with Crippen molar-refractivity contribution < 1.29 is 17.6 Å². The van der Waals surface area contributed by atoms with Crippen LogP contribution in [0.5, 0.6) is 0 Å². The van der Waals surface area contributed by atoms with Gasteiger partial charge >= 0.3 is 0 Å². The van der Waals surface area contributed by atoms with Gasteiger partial charge in [0.25, 0.3) is 15.9 Å². The van der Waals surface area contributed by atoms with Gasteiger partial charge in [0.05, 0.1) is 10.5 Å². The number of thiophene rings is 1.